The minimum Gasteiger partial charge on any atom is -0.341 e. The fraction of sp³-hybridized carbons (Fsp3) is 0.667. The van der Waals surface area contributed by atoms with Gasteiger partial charge in [0.15, 0.2) is 0 Å². The lowest BCUT2D eigenvalue weighted by atomic mass is 9.83. The number of hydrogen-bond acceptors (Lipinski definition) is 2. The monoisotopic (exact) mass is 206 g/mol. The minimum atomic E-state index is -0.926. The van der Waals surface area contributed by atoms with Crippen LogP contribution in [0.2, 0.25) is 0 Å². The van der Waals surface area contributed by atoms with Crippen molar-refractivity contribution in [1.29, 1.82) is 5.26 Å². The number of nitrogens with zero attached hydrogens (tertiary/aromatic N) is 1. The fourth-order valence-corrected chi connectivity index (χ4v) is 1.34. The van der Waals surface area contributed by atoms with Crippen LogP contribution in [0.25, 0.3) is 0 Å². The van der Waals surface area contributed by atoms with Crippen molar-refractivity contribution in [2.24, 2.45) is 5.41 Å². The molecular formula is C12H18N2O. The third-order valence-corrected chi connectivity index (χ3v) is 2.77. The summed E-state index contributed by atoms with van der Waals surface area (Å²) in [6.45, 7) is 5.57. The Labute approximate surface area is 91.9 Å². The van der Waals surface area contributed by atoms with Crippen molar-refractivity contribution in [1.82, 2.24) is 5.32 Å². The maximum absolute atomic E-state index is 11.9. The first-order valence-electron chi connectivity index (χ1n) is 5.28. The summed E-state index contributed by atoms with van der Waals surface area (Å²) in [5.41, 5.74) is -0.926. The molecule has 82 valence electrons. The highest BCUT2D eigenvalue weighted by Crippen LogP contribution is 2.25. The van der Waals surface area contributed by atoms with E-state index in [1.807, 2.05) is 20.8 Å². The van der Waals surface area contributed by atoms with Crippen LogP contribution in [0.3, 0.4) is 0 Å². The highest BCUT2D eigenvalue weighted by Gasteiger charge is 2.35. The molecule has 1 N–H and O–H groups in total. The van der Waals surface area contributed by atoms with Crippen molar-refractivity contribution in [3.05, 3.63) is 0 Å². The van der Waals surface area contributed by atoms with E-state index in [0.29, 0.717) is 19.3 Å². The zero-order chi connectivity index (χ0) is 11.9. The normalized spacial score (nSPS) is 12.3. The van der Waals surface area contributed by atoms with Crippen molar-refractivity contribution < 1.29 is 4.79 Å². The van der Waals surface area contributed by atoms with Gasteiger partial charge in [0.2, 0.25) is 5.91 Å². The second kappa shape index (κ2) is 6.09. The molecule has 1 unspecified atom stereocenters. The molecular weight excluding hydrogens is 188 g/mol. The van der Waals surface area contributed by atoms with Gasteiger partial charge in [0.1, 0.15) is 5.41 Å². The summed E-state index contributed by atoms with van der Waals surface area (Å²) in [4.78, 5) is 11.9. The predicted octanol–water partition coefficient (Wildman–Crippen LogP) is 1.84. The molecule has 0 aliphatic carbocycles. The van der Waals surface area contributed by atoms with E-state index in [2.05, 4.69) is 17.3 Å². The van der Waals surface area contributed by atoms with Crippen molar-refractivity contribution in [3.63, 3.8) is 0 Å². The Bertz CT molecular complexity index is 292. The molecule has 1 amide bonds. The van der Waals surface area contributed by atoms with Crippen LogP contribution in [0.5, 0.6) is 0 Å². The molecule has 3 heteroatoms. The summed E-state index contributed by atoms with van der Waals surface area (Å²) in [5.74, 6) is 2.24. The van der Waals surface area contributed by atoms with Gasteiger partial charge in [0.05, 0.1) is 12.1 Å². The van der Waals surface area contributed by atoms with Gasteiger partial charge in [-0.3, -0.25) is 4.79 Å². The van der Waals surface area contributed by atoms with E-state index in [0.717, 1.165) is 0 Å². The quantitative estimate of drug-likeness (QED) is 0.698. The molecule has 0 aromatic carbocycles. The van der Waals surface area contributed by atoms with Crippen molar-refractivity contribution in [2.45, 2.75) is 46.1 Å². The van der Waals surface area contributed by atoms with Gasteiger partial charge in [-0.15, -0.1) is 6.42 Å². The molecule has 0 aliphatic rings. The van der Waals surface area contributed by atoms with E-state index in [9.17, 15) is 4.79 Å². The van der Waals surface area contributed by atoms with Gasteiger partial charge >= 0.3 is 0 Å². The molecule has 0 bridgehead atoms. The first kappa shape index (κ1) is 13.5. The summed E-state index contributed by atoms with van der Waals surface area (Å²) >= 11 is 0. The number of nitriles is 1. The van der Waals surface area contributed by atoms with Crippen molar-refractivity contribution in [3.8, 4) is 18.4 Å². The van der Waals surface area contributed by atoms with Gasteiger partial charge in [-0.2, -0.15) is 5.26 Å². The van der Waals surface area contributed by atoms with Gasteiger partial charge in [0.25, 0.3) is 0 Å². The summed E-state index contributed by atoms with van der Waals surface area (Å²) in [6.07, 6.45) is 6.94. The molecule has 0 spiro atoms. The number of hydrogen-bond donors (Lipinski definition) is 1. The molecule has 3 nitrogen and oxygen atoms in total. The second-order valence-electron chi connectivity index (χ2n) is 3.50. The molecule has 0 saturated heterocycles. The fourth-order valence-electron chi connectivity index (χ4n) is 1.34. The highest BCUT2D eigenvalue weighted by atomic mass is 16.2. The molecule has 0 rings (SSSR count). The minimum absolute atomic E-state index is 0.250. The van der Waals surface area contributed by atoms with Crippen LogP contribution in [0.1, 0.15) is 40.0 Å². The van der Waals surface area contributed by atoms with Crippen LogP contribution < -0.4 is 5.32 Å². The number of terminal acetylenes is 1. The van der Waals surface area contributed by atoms with Gasteiger partial charge in [-0.05, 0) is 19.3 Å². The zero-order valence-electron chi connectivity index (χ0n) is 9.63. The molecule has 0 radical (unpaired) electrons. The Morgan fingerprint density at radius 3 is 2.27 bits per heavy atom. The van der Waals surface area contributed by atoms with Gasteiger partial charge in [-0.1, -0.05) is 26.7 Å². The third kappa shape index (κ3) is 2.99. The van der Waals surface area contributed by atoms with Crippen LogP contribution in [-0.2, 0) is 4.79 Å². The Balaban J connectivity index is 4.70. The van der Waals surface area contributed by atoms with Crippen LogP contribution in [0.4, 0.5) is 0 Å². The smallest absolute Gasteiger partial charge is 0.241 e. The lowest BCUT2D eigenvalue weighted by molar-refractivity contribution is -0.128. The van der Waals surface area contributed by atoms with Crippen LogP contribution in [0, 0.1) is 29.1 Å². The molecule has 1 atom stereocenters. The lowest BCUT2D eigenvalue weighted by Gasteiger charge is -2.23. The average molecular weight is 206 g/mol. The predicted molar refractivity (Wildman–Crippen MR) is 59.7 cm³/mol. The molecule has 15 heavy (non-hydrogen) atoms. The Morgan fingerprint density at radius 2 is 2.00 bits per heavy atom. The summed E-state index contributed by atoms with van der Waals surface area (Å²) in [5, 5.41) is 11.8. The summed E-state index contributed by atoms with van der Waals surface area (Å²) in [6, 6.07) is 1.81. The first-order chi connectivity index (χ1) is 7.10. The van der Waals surface area contributed by atoms with Crippen molar-refractivity contribution >= 4 is 5.91 Å². The van der Waals surface area contributed by atoms with Gasteiger partial charge in [-0.25, -0.2) is 0 Å². The SMILES string of the molecule is C#CC(CC)NC(=O)C(C#N)(CC)CC. The third-order valence-electron chi connectivity index (χ3n) is 2.77. The Hall–Kier alpha value is -1.48. The van der Waals surface area contributed by atoms with E-state index in [-0.39, 0.29) is 11.9 Å². The Kier molecular flexibility index (Phi) is 5.49. The molecule has 0 heterocycles. The molecule has 0 saturated carbocycles. The topological polar surface area (TPSA) is 52.9 Å². The number of carbonyl (C=O) groups excluding carboxylic acids is 1. The zero-order valence-corrected chi connectivity index (χ0v) is 9.63. The number of carbonyl (C=O) groups is 1. The largest absolute Gasteiger partial charge is 0.341 e. The lowest BCUT2D eigenvalue weighted by Crippen LogP contribution is -2.43. The van der Waals surface area contributed by atoms with E-state index in [1.54, 1.807) is 0 Å². The maximum Gasteiger partial charge on any atom is 0.241 e. The van der Waals surface area contributed by atoms with E-state index < -0.39 is 5.41 Å². The van der Waals surface area contributed by atoms with E-state index in [4.69, 9.17) is 11.7 Å². The standard InChI is InChI=1S/C12H18N2O/c1-5-10(6-2)14-11(15)12(7-3,8-4)9-13/h1,10H,6-8H2,2-4H3,(H,14,15). The number of rotatable bonds is 5. The number of nitrogens with one attached hydrogen (secondary N) is 1. The summed E-state index contributed by atoms with van der Waals surface area (Å²) in [7, 11) is 0. The van der Waals surface area contributed by atoms with Crippen LogP contribution in [0.15, 0.2) is 0 Å². The molecule has 0 aromatic rings. The maximum atomic E-state index is 11.9. The second-order valence-corrected chi connectivity index (χ2v) is 3.50. The van der Waals surface area contributed by atoms with E-state index >= 15 is 0 Å². The van der Waals surface area contributed by atoms with Gasteiger partial charge < -0.3 is 5.32 Å². The van der Waals surface area contributed by atoms with Crippen LogP contribution >= 0.6 is 0 Å². The first-order valence-corrected chi connectivity index (χ1v) is 5.28. The number of amides is 1. The molecule has 0 aromatic heterocycles. The van der Waals surface area contributed by atoms with Crippen molar-refractivity contribution in [2.75, 3.05) is 0 Å². The van der Waals surface area contributed by atoms with E-state index in [1.165, 1.54) is 0 Å². The Morgan fingerprint density at radius 1 is 1.47 bits per heavy atom. The van der Waals surface area contributed by atoms with Gasteiger partial charge in [0, 0.05) is 0 Å². The highest BCUT2D eigenvalue weighted by molar-refractivity contribution is 5.85. The molecule has 0 fully saturated rings. The summed E-state index contributed by atoms with van der Waals surface area (Å²) < 4.78 is 0. The molecule has 0 aliphatic heterocycles. The average Bonchev–Trinajstić information content (AvgIpc) is 2.29. The van der Waals surface area contributed by atoms with Crippen LogP contribution in [-0.4, -0.2) is 11.9 Å².